The van der Waals surface area contributed by atoms with Crippen molar-refractivity contribution in [2.45, 2.75) is 4.90 Å². The molecule has 4 rings (SSSR count). The summed E-state index contributed by atoms with van der Waals surface area (Å²) < 4.78 is 40.7. The van der Waals surface area contributed by atoms with E-state index in [1.807, 2.05) is 0 Å². The van der Waals surface area contributed by atoms with Crippen LogP contribution in [0.15, 0.2) is 86.0 Å². The standard InChI is InChI=1S/C26H23N5O10S/c1-40-20-10-19(30-31-24-22(42(37,38)39)8-14-2-5-15(27)9-17(14)25(24)34)21(41-12-23(32)33)11-18(20)29-28-16-6-3-13(4-7-16)26(35)36/h2-11,34,37-39H,12,27H2,1H3,(H,32,33)(H,35,36). The highest BCUT2D eigenvalue weighted by molar-refractivity contribution is 8.19. The number of methoxy groups -OCH3 is 1. The number of carboxylic acids is 2. The number of carboxylic acid groups (broad SMARTS) is 2. The molecule has 0 aliphatic carbocycles. The number of aromatic carboxylic acids is 1. The van der Waals surface area contributed by atoms with E-state index in [1.165, 1.54) is 67.8 Å². The first kappa shape index (κ1) is 29.7. The van der Waals surface area contributed by atoms with Crippen LogP contribution in [0.25, 0.3) is 10.8 Å². The molecule has 0 aliphatic heterocycles. The van der Waals surface area contributed by atoms with E-state index in [9.17, 15) is 28.4 Å². The first-order valence-corrected chi connectivity index (χ1v) is 13.2. The van der Waals surface area contributed by atoms with Gasteiger partial charge in [-0.25, -0.2) is 9.59 Å². The van der Waals surface area contributed by atoms with Crippen LogP contribution in [0.4, 0.5) is 28.4 Å². The van der Waals surface area contributed by atoms with E-state index in [2.05, 4.69) is 20.5 Å². The second kappa shape index (κ2) is 12.1. The van der Waals surface area contributed by atoms with Gasteiger partial charge < -0.3 is 44.2 Å². The quantitative estimate of drug-likeness (QED) is 0.0746. The van der Waals surface area contributed by atoms with Gasteiger partial charge in [0.2, 0.25) is 0 Å². The van der Waals surface area contributed by atoms with Gasteiger partial charge in [0.15, 0.2) is 12.4 Å². The zero-order chi connectivity index (χ0) is 30.6. The number of anilines is 1. The monoisotopic (exact) mass is 597 g/mol. The molecule has 15 nitrogen and oxygen atoms in total. The number of azo groups is 2. The molecule has 218 valence electrons. The van der Waals surface area contributed by atoms with Crippen molar-refractivity contribution < 1.29 is 48.0 Å². The van der Waals surface area contributed by atoms with Crippen LogP contribution in [0.1, 0.15) is 10.4 Å². The van der Waals surface area contributed by atoms with Gasteiger partial charge in [0, 0.05) is 23.2 Å². The lowest BCUT2D eigenvalue weighted by Gasteiger charge is -2.22. The average molecular weight is 598 g/mol. The molecule has 0 unspecified atom stereocenters. The highest BCUT2D eigenvalue weighted by atomic mass is 32.3. The van der Waals surface area contributed by atoms with E-state index < -0.39 is 45.7 Å². The normalized spacial score (nSPS) is 12.2. The van der Waals surface area contributed by atoms with Gasteiger partial charge in [-0.15, -0.1) is 15.3 Å². The Hall–Kier alpha value is -5.29. The number of rotatable bonds is 10. The van der Waals surface area contributed by atoms with Gasteiger partial charge in [0.05, 0.1) is 23.3 Å². The minimum absolute atomic E-state index is 0.0529. The number of hydrogen-bond donors (Lipinski definition) is 7. The first-order chi connectivity index (χ1) is 19.9. The Morgan fingerprint density at radius 3 is 2.12 bits per heavy atom. The van der Waals surface area contributed by atoms with Crippen LogP contribution in [-0.2, 0) is 4.79 Å². The minimum Gasteiger partial charge on any atom is -0.505 e. The van der Waals surface area contributed by atoms with Gasteiger partial charge in [-0.1, -0.05) is 6.07 Å². The Labute approximate surface area is 238 Å². The molecule has 8 N–H and O–H groups in total. The number of ether oxygens (including phenoxy) is 2. The molecule has 0 saturated heterocycles. The van der Waals surface area contributed by atoms with E-state index >= 15 is 0 Å². The predicted octanol–water partition coefficient (Wildman–Crippen LogP) is 6.71. The number of nitrogens with zero attached hydrogens (tertiary/aromatic N) is 4. The van der Waals surface area contributed by atoms with Crippen molar-refractivity contribution in [3.05, 3.63) is 66.2 Å². The number of nitrogen functional groups attached to an aromatic ring is 1. The van der Waals surface area contributed by atoms with Crippen molar-refractivity contribution in [2.75, 3.05) is 19.5 Å². The Balaban J connectivity index is 1.81. The number of phenolic OH excluding ortho intramolecular Hbond substituents is 1. The number of aromatic hydroxyl groups is 1. The third kappa shape index (κ3) is 6.70. The number of fused-ring (bicyclic) bond motifs is 1. The summed E-state index contributed by atoms with van der Waals surface area (Å²) in [6.45, 7) is -0.787. The van der Waals surface area contributed by atoms with Gasteiger partial charge in [0.1, 0.15) is 39.4 Å². The molecule has 0 fully saturated rings. The fraction of sp³-hybridized carbons (Fsp3) is 0.0769. The Morgan fingerprint density at radius 2 is 1.50 bits per heavy atom. The number of aliphatic carboxylic acids is 1. The molecular formula is C26H23N5O10S. The molecule has 0 amide bonds. The smallest absolute Gasteiger partial charge is 0.341 e. The number of benzene rings is 4. The second-order valence-electron chi connectivity index (χ2n) is 8.50. The molecule has 0 atom stereocenters. The number of carbonyl (C=O) groups is 2. The molecule has 0 radical (unpaired) electrons. The Kier molecular flexibility index (Phi) is 8.53. The summed E-state index contributed by atoms with van der Waals surface area (Å²) in [6, 6.07) is 13.7. The van der Waals surface area contributed by atoms with Crippen LogP contribution in [0.3, 0.4) is 0 Å². The minimum atomic E-state index is -4.39. The fourth-order valence-corrected chi connectivity index (χ4v) is 4.35. The molecule has 4 aromatic rings. The summed E-state index contributed by atoms with van der Waals surface area (Å²) in [7, 11) is -3.08. The SMILES string of the molecule is COc1cc(N=Nc2c(S(O)(O)O)cc3ccc(N)cc3c2O)c(OCC(=O)O)cc1N=Nc1ccc(C(=O)O)cc1. The maximum Gasteiger partial charge on any atom is 0.341 e. The van der Waals surface area contributed by atoms with Crippen molar-refractivity contribution in [3.8, 4) is 17.2 Å². The third-order valence-electron chi connectivity index (χ3n) is 5.63. The molecule has 0 bridgehead atoms. The van der Waals surface area contributed by atoms with Crippen molar-refractivity contribution in [1.29, 1.82) is 0 Å². The van der Waals surface area contributed by atoms with Crippen LogP contribution in [0, 0.1) is 0 Å². The van der Waals surface area contributed by atoms with Gasteiger partial charge >= 0.3 is 11.9 Å². The van der Waals surface area contributed by atoms with E-state index in [-0.39, 0.29) is 33.8 Å². The van der Waals surface area contributed by atoms with Crippen LogP contribution in [0.5, 0.6) is 17.2 Å². The summed E-state index contributed by atoms with van der Waals surface area (Å²) >= 11 is 0. The second-order valence-corrected chi connectivity index (χ2v) is 9.97. The van der Waals surface area contributed by atoms with Crippen LogP contribution in [0.2, 0.25) is 0 Å². The van der Waals surface area contributed by atoms with Gasteiger partial charge in [0.25, 0.3) is 0 Å². The van der Waals surface area contributed by atoms with Crippen molar-refractivity contribution in [3.63, 3.8) is 0 Å². The van der Waals surface area contributed by atoms with E-state index in [4.69, 9.17) is 25.4 Å². The Morgan fingerprint density at radius 1 is 0.857 bits per heavy atom. The summed E-state index contributed by atoms with van der Waals surface area (Å²) in [5.74, 6) is -3.05. The highest BCUT2D eigenvalue weighted by Crippen LogP contribution is 2.54. The van der Waals surface area contributed by atoms with Crippen molar-refractivity contribution >= 4 is 62.0 Å². The molecule has 0 saturated carbocycles. The number of phenols is 1. The molecule has 0 aromatic heterocycles. The van der Waals surface area contributed by atoms with Crippen LogP contribution >= 0.6 is 10.9 Å². The maximum absolute atomic E-state index is 11.2. The largest absolute Gasteiger partial charge is 0.505 e. The van der Waals surface area contributed by atoms with Gasteiger partial charge in [-0.05, 0) is 47.9 Å². The molecule has 0 aliphatic rings. The lowest BCUT2D eigenvalue weighted by molar-refractivity contribution is -0.139. The lowest BCUT2D eigenvalue weighted by Crippen LogP contribution is -2.09. The van der Waals surface area contributed by atoms with Crippen molar-refractivity contribution in [1.82, 2.24) is 0 Å². The molecule has 16 heteroatoms. The van der Waals surface area contributed by atoms with E-state index in [0.717, 1.165) is 0 Å². The van der Waals surface area contributed by atoms with Gasteiger partial charge in [-0.2, -0.15) is 5.11 Å². The van der Waals surface area contributed by atoms with E-state index in [0.29, 0.717) is 16.8 Å². The number of hydrogen-bond acceptors (Lipinski definition) is 13. The fourth-order valence-electron chi connectivity index (χ4n) is 3.66. The highest BCUT2D eigenvalue weighted by Gasteiger charge is 2.25. The molecular weight excluding hydrogens is 574 g/mol. The Bertz CT molecular complexity index is 1740. The summed E-state index contributed by atoms with van der Waals surface area (Å²) in [6.07, 6.45) is 0. The van der Waals surface area contributed by atoms with Gasteiger partial charge in [-0.3, -0.25) is 0 Å². The zero-order valence-corrected chi connectivity index (χ0v) is 22.4. The van der Waals surface area contributed by atoms with Crippen molar-refractivity contribution in [2.24, 2.45) is 20.5 Å². The molecule has 0 heterocycles. The molecule has 4 aromatic carbocycles. The zero-order valence-electron chi connectivity index (χ0n) is 21.6. The molecule has 42 heavy (non-hydrogen) atoms. The predicted molar refractivity (Wildman–Crippen MR) is 152 cm³/mol. The van der Waals surface area contributed by atoms with E-state index in [1.54, 1.807) is 0 Å². The topological polar surface area (TPSA) is 249 Å². The summed E-state index contributed by atoms with van der Waals surface area (Å²) in [5, 5.41) is 45.6. The lowest BCUT2D eigenvalue weighted by atomic mass is 10.1. The van der Waals surface area contributed by atoms with Crippen LogP contribution in [-0.4, -0.2) is 54.6 Å². The first-order valence-electron chi connectivity index (χ1n) is 11.7. The summed E-state index contributed by atoms with van der Waals surface area (Å²) in [5.41, 5.74) is 5.93. The summed E-state index contributed by atoms with van der Waals surface area (Å²) in [4.78, 5) is 21.7. The maximum atomic E-state index is 11.2. The average Bonchev–Trinajstić information content (AvgIpc) is 2.94. The number of nitrogens with two attached hydrogens (primary N) is 1. The molecule has 0 spiro atoms. The van der Waals surface area contributed by atoms with Crippen LogP contribution < -0.4 is 15.2 Å². The third-order valence-corrected chi connectivity index (χ3v) is 6.53.